The van der Waals surface area contributed by atoms with Gasteiger partial charge in [0.2, 0.25) is 0 Å². The van der Waals surface area contributed by atoms with Crippen LogP contribution in [0.5, 0.6) is 0 Å². The fourth-order valence-electron chi connectivity index (χ4n) is 2.06. The Labute approximate surface area is 50.5 Å². The molecule has 1 heterocycles. The van der Waals surface area contributed by atoms with Gasteiger partial charge in [-0.3, -0.25) is 0 Å². The van der Waals surface area contributed by atoms with Crippen molar-refractivity contribution in [1.29, 1.82) is 0 Å². The van der Waals surface area contributed by atoms with Crippen LogP contribution in [0.4, 0.5) is 0 Å². The van der Waals surface area contributed by atoms with Gasteiger partial charge in [-0.25, -0.2) is 0 Å². The van der Waals surface area contributed by atoms with E-state index in [1.165, 1.54) is 13.1 Å². The lowest BCUT2D eigenvalue weighted by molar-refractivity contribution is 0.475. The van der Waals surface area contributed by atoms with Gasteiger partial charge in [-0.15, -0.1) is 0 Å². The first-order valence-corrected chi connectivity index (χ1v) is 3.43. The molecule has 0 aromatic carbocycles. The summed E-state index contributed by atoms with van der Waals surface area (Å²) < 4.78 is 0. The molecule has 2 atom stereocenters. The molecule has 2 unspecified atom stereocenters. The number of hydrogen-bond donors (Lipinski definition) is 1. The van der Waals surface area contributed by atoms with Crippen molar-refractivity contribution in [2.75, 3.05) is 13.1 Å². The van der Waals surface area contributed by atoms with Gasteiger partial charge >= 0.3 is 0 Å². The first-order chi connectivity index (χ1) is 3.73. The smallest absolute Gasteiger partial charge is 0.00118 e. The molecule has 2 rings (SSSR count). The molecule has 0 bridgehead atoms. The van der Waals surface area contributed by atoms with Crippen molar-refractivity contribution in [3.05, 3.63) is 0 Å². The van der Waals surface area contributed by atoms with E-state index in [0.717, 1.165) is 11.8 Å². The second-order valence-electron chi connectivity index (χ2n) is 3.69. The number of fused-ring (bicyclic) bond motifs is 1. The van der Waals surface area contributed by atoms with Crippen molar-refractivity contribution in [1.82, 2.24) is 5.32 Å². The van der Waals surface area contributed by atoms with Crippen molar-refractivity contribution >= 4 is 0 Å². The molecule has 2 fully saturated rings. The summed E-state index contributed by atoms with van der Waals surface area (Å²) in [6.45, 7) is 7.31. The summed E-state index contributed by atoms with van der Waals surface area (Å²) in [5, 5.41) is 3.38. The summed E-state index contributed by atoms with van der Waals surface area (Å²) in [6.07, 6.45) is 0. The summed E-state index contributed by atoms with van der Waals surface area (Å²) in [4.78, 5) is 0. The van der Waals surface area contributed by atoms with E-state index in [1.54, 1.807) is 0 Å². The Morgan fingerprint density at radius 2 is 1.75 bits per heavy atom. The van der Waals surface area contributed by atoms with E-state index in [2.05, 4.69) is 19.2 Å². The van der Waals surface area contributed by atoms with Crippen molar-refractivity contribution in [2.45, 2.75) is 13.8 Å². The molecule has 1 heteroatoms. The zero-order chi connectivity index (χ0) is 5.78. The molecule has 46 valence electrons. The minimum Gasteiger partial charge on any atom is -0.316 e. The van der Waals surface area contributed by atoms with E-state index in [-0.39, 0.29) is 0 Å². The molecular weight excluding hydrogens is 98.1 g/mol. The minimum absolute atomic E-state index is 0.700. The standard InChI is InChI=1S/C7H13N/c1-7(2)5-3-8-4-6(5)7/h5-6,8H,3-4H2,1-2H3. The van der Waals surface area contributed by atoms with Gasteiger partial charge in [0, 0.05) is 0 Å². The molecule has 0 aromatic heterocycles. The predicted molar refractivity (Wildman–Crippen MR) is 33.6 cm³/mol. The third-order valence-electron chi connectivity index (χ3n) is 3.02. The first kappa shape index (κ1) is 4.80. The van der Waals surface area contributed by atoms with E-state index >= 15 is 0 Å². The van der Waals surface area contributed by atoms with Gasteiger partial charge in [0.05, 0.1) is 0 Å². The van der Waals surface area contributed by atoms with Gasteiger partial charge < -0.3 is 5.32 Å². The number of rotatable bonds is 0. The van der Waals surface area contributed by atoms with Crippen LogP contribution in [0, 0.1) is 17.3 Å². The normalized spacial score (nSPS) is 48.8. The Morgan fingerprint density at radius 3 is 2.00 bits per heavy atom. The summed E-state index contributed by atoms with van der Waals surface area (Å²) in [5.41, 5.74) is 0.700. The molecule has 1 saturated heterocycles. The van der Waals surface area contributed by atoms with Crippen molar-refractivity contribution in [3.8, 4) is 0 Å². The predicted octanol–water partition coefficient (Wildman–Crippen LogP) is 0.862. The van der Waals surface area contributed by atoms with Gasteiger partial charge in [0.15, 0.2) is 0 Å². The van der Waals surface area contributed by atoms with Crippen molar-refractivity contribution < 1.29 is 0 Å². The van der Waals surface area contributed by atoms with Gasteiger partial charge in [-0.05, 0) is 30.3 Å². The zero-order valence-corrected chi connectivity index (χ0v) is 5.57. The Morgan fingerprint density at radius 1 is 1.25 bits per heavy atom. The topological polar surface area (TPSA) is 12.0 Å². The number of hydrogen-bond acceptors (Lipinski definition) is 1. The molecule has 1 aliphatic heterocycles. The molecular formula is C7H13N. The van der Waals surface area contributed by atoms with Crippen LogP contribution in [-0.4, -0.2) is 13.1 Å². The van der Waals surface area contributed by atoms with Gasteiger partial charge in [-0.1, -0.05) is 13.8 Å². The maximum Gasteiger partial charge on any atom is -0.00118 e. The fraction of sp³-hybridized carbons (Fsp3) is 1.00. The summed E-state index contributed by atoms with van der Waals surface area (Å²) in [5.74, 6) is 2.03. The highest BCUT2D eigenvalue weighted by atomic mass is 15.0. The van der Waals surface area contributed by atoms with Crippen LogP contribution in [0.2, 0.25) is 0 Å². The Hall–Kier alpha value is -0.0400. The van der Waals surface area contributed by atoms with Gasteiger partial charge in [-0.2, -0.15) is 0 Å². The maximum atomic E-state index is 3.38. The third kappa shape index (κ3) is 0.368. The van der Waals surface area contributed by atoms with Crippen LogP contribution in [0.1, 0.15) is 13.8 Å². The van der Waals surface area contributed by atoms with Crippen LogP contribution < -0.4 is 5.32 Å². The average Bonchev–Trinajstić information content (AvgIpc) is 2.22. The average molecular weight is 111 g/mol. The molecule has 1 nitrogen and oxygen atoms in total. The van der Waals surface area contributed by atoms with Crippen LogP contribution in [0.15, 0.2) is 0 Å². The lowest BCUT2D eigenvalue weighted by Crippen LogP contribution is -2.17. The van der Waals surface area contributed by atoms with E-state index in [0.29, 0.717) is 5.41 Å². The monoisotopic (exact) mass is 111 g/mol. The summed E-state index contributed by atoms with van der Waals surface area (Å²) >= 11 is 0. The lowest BCUT2D eigenvalue weighted by atomic mass is 10.1. The Bertz CT molecular complexity index is 106. The molecule has 0 amide bonds. The molecule has 0 spiro atoms. The summed E-state index contributed by atoms with van der Waals surface area (Å²) in [6, 6.07) is 0. The maximum absolute atomic E-state index is 3.38. The summed E-state index contributed by atoms with van der Waals surface area (Å²) in [7, 11) is 0. The minimum atomic E-state index is 0.700. The highest BCUT2D eigenvalue weighted by Gasteiger charge is 2.59. The van der Waals surface area contributed by atoms with Gasteiger partial charge in [0.25, 0.3) is 0 Å². The highest BCUT2D eigenvalue weighted by Crippen LogP contribution is 2.59. The number of nitrogens with one attached hydrogen (secondary N) is 1. The fourth-order valence-corrected chi connectivity index (χ4v) is 2.06. The van der Waals surface area contributed by atoms with Crippen molar-refractivity contribution in [3.63, 3.8) is 0 Å². The van der Waals surface area contributed by atoms with Crippen LogP contribution in [0.3, 0.4) is 0 Å². The second-order valence-corrected chi connectivity index (χ2v) is 3.69. The van der Waals surface area contributed by atoms with Crippen LogP contribution in [0.25, 0.3) is 0 Å². The molecule has 0 aromatic rings. The molecule has 0 radical (unpaired) electrons. The Kier molecular flexibility index (Phi) is 0.663. The van der Waals surface area contributed by atoms with Crippen LogP contribution >= 0.6 is 0 Å². The van der Waals surface area contributed by atoms with Crippen molar-refractivity contribution in [2.24, 2.45) is 17.3 Å². The lowest BCUT2D eigenvalue weighted by Gasteiger charge is -2.06. The molecule has 1 N–H and O–H groups in total. The highest BCUT2D eigenvalue weighted by molar-refractivity contribution is 5.10. The largest absolute Gasteiger partial charge is 0.316 e. The second kappa shape index (κ2) is 1.10. The van der Waals surface area contributed by atoms with E-state index < -0.39 is 0 Å². The molecule has 8 heavy (non-hydrogen) atoms. The van der Waals surface area contributed by atoms with Gasteiger partial charge in [0.1, 0.15) is 0 Å². The Balaban J connectivity index is 2.13. The SMILES string of the molecule is CC1(C)C2CNCC21. The quantitative estimate of drug-likeness (QED) is 0.489. The molecule has 1 saturated carbocycles. The van der Waals surface area contributed by atoms with E-state index in [1.807, 2.05) is 0 Å². The number of piperidine rings is 1. The van der Waals surface area contributed by atoms with E-state index in [9.17, 15) is 0 Å². The third-order valence-corrected chi connectivity index (χ3v) is 3.02. The molecule has 2 aliphatic rings. The van der Waals surface area contributed by atoms with E-state index in [4.69, 9.17) is 0 Å². The first-order valence-electron chi connectivity index (χ1n) is 3.43. The molecule has 1 aliphatic carbocycles. The zero-order valence-electron chi connectivity index (χ0n) is 5.57. The van der Waals surface area contributed by atoms with Crippen LogP contribution in [-0.2, 0) is 0 Å².